The highest BCUT2D eigenvalue weighted by Gasteiger charge is 2.54. The molecule has 5 rings (SSSR count). The van der Waals surface area contributed by atoms with Crippen LogP contribution in [0.1, 0.15) is 23.7 Å². The maximum atomic E-state index is 10.9. The van der Waals surface area contributed by atoms with Gasteiger partial charge in [0.05, 0.1) is 25.6 Å². The Balaban J connectivity index is 1.37. The lowest BCUT2D eigenvalue weighted by Crippen LogP contribution is -2.64. The van der Waals surface area contributed by atoms with Gasteiger partial charge in [-0.2, -0.15) is 0 Å². The van der Waals surface area contributed by atoms with Crippen LogP contribution < -0.4 is 11.1 Å². The fourth-order valence-corrected chi connectivity index (χ4v) is 5.55. The monoisotopic (exact) mass is 424 g/mol. The Morgan fingerprint density at radius 1 is 1.28 bits per heavy atom. The van der Waals surface area contributed by atoms with E-state index in [9.17, 15) is 10.2 Å². The lowest BCUT2D eigenvalue weighted by Gasteiger charge is -2.43. The van der Waals surface area contributed by atoms with Crippen molar-refractivity contribution in [1.29, 1.82) is 0 Å². The van der Waals surface area contributed by atoms with Gasteiger partial charge in [0.15, 0.2) is 0 Å². The van der Waals surface area contributed by atoms with Crippen molar-refractivity contribution in [3.8, 4) is 0 Å². The normalized spacial score (nSPS) is 43.3. The van der Waals surface area contributed by atoms with Gasteiger partial charge in [-0.05, 0) is 43.1 Å². The van der Waals surface area contributed by atoms with Crippen LogP contribution in [0.15, 0.2) is 18.2 Å². The lowest BCUT2D eigenvalue weighted by atomic mass is 9.92. The van der Waals surface area contributed by atoms with Crippen LogP contribution in [0.5, 0.6) is 0 Å². The molecule has 8 nitrogen and oxygen atoms in total. The largest absolute Gasteiger partial charge is 0.387 e. The number of likely N-dealkylation sites (tertiary alicyclic amines) is 1. The summed E-state index contributed by atoms with van der Waals surface area (Å²) in [6.07, 6.45) is -2.07. The Morgan fingerprint density at radius 2 is 2.10 bits per heavy atom. The minimum absolute atomic E-state index is 0.0187. The second-order valence-electron chi connectivity index (χ2n) is 8.60. The van der Waals surface area contributed by atoms with Crippen LogP contribution in [0.25, 0.3) is 0 Å². The van der Waals surface area contributed by atoms with Crippen LogP contribution in [-0.2, 0) is 15.9 Å². The molecule has 0 radical (unpaired) electrons. The van der Waals surface area contributed by atoms with E-state index in [0.717, 1.165) is 30.5 Å². The number of aliphatic hydroxyl groups is 2. The van der Waals surface area contributed by atoms with E-state index in [1.165, 1.54) is 0 Å². The van der Waals surface area contributed by atoms with Gasteiger partial charge in [-0.15, -0.1) is 0 Å². The Labute approximate surface area is 175 Å². The molecule has 3 unspecified atom stereocenters. The van der Waals surface area contributed by atoms with E-state index in [1.54, 1.807) is 0 Å². The van der Waals surface area contributed by atoms with Crippen LogP contribution in [0.4, 0.5) is 0 Å². The molecule has 1 aromatic rings. The van der Waals surface area contributed by atoms with Crippen LogP contribution in [-0.4, -0.2) is 83.8 Å². The first-order valence-electron chi connectivity index (χ1n) is 10.3. The molecule has 3 fully saturated rings. The van der Waals surface area contributed by atoms with Crippen molar-refractivity contribution in [2.24, 2.45) is 11.7 Å². The van der Waals surface area contributed by atoms with Gasteiger partial charge in [-0.1, -0.05) is 17.7 Å². The molecule has 29 heavy (non-hydrogen) atoms. The minimum atomic E-state index is -1.04. The Hall–Kier alpha value is -0.810. The van der Waals surface area contributed by atoms with Crippen molar-refractivity contribution in [2.45, 2.75) is 55.8 Å². The quantitative estimate of drug-likeness (QED) is 0.518. The highest BCUT2D eigenvalue weighted by Crippen LogP contribution is 2.41. The van der Waals surface area contributed by atoms with Gasteiger partial charge >= 0.3 is 0 Å². The topological polar surface area (TPSA) is 103 Å². The fourth-order valence-electron chi connectivity index (χ4n) is 5.36. The van der Waals surface area contributed by atoms with Crippen molar-refractivity contribution in [2.75, 3.05) is 26.9 Å². The zero-order valence-corrected chi connectivity index (χ0v) is 17.2. The van der Waals surface area contributed by atoms with E-state index in [4.69, 9.17) is 26.8 Å². The summed E-state index contributed by atoms with van der Waals surface area (Å²) in [5.74, 6) is 0.245. The lowest BCUT2D eigenvalue weighted by molar-refractivity contribution is -0.144. The van der Waals surface area contributed by atoms with E-state index in [2.05, 4.69) is 15.1 Å². The fraction of sp³-hybridized carbons (Fsp3) is 0.700. The van der Waals surface area contributed by atoms with E-state index in [-0.39, 0.29) is 18.2 Å². The smallest absolute Gasteiger partial charge is 0.141 e. The van der Waals surface area contributed by atoms with Gasteiger partial charge in [-0.3, -0.25) is 15.1 Å². The molecule has 0 amide bonds. The molecule has 8 atom stereocenters. The van der Waals surface area contributed by atoms with Gasteiger partial charge in [0.25, 0.3) is 0 Å². The number of nitrogens with one attached hydrogen (secondary N) is 1. The highest BCUT2D eigenvalue weighted by atomic mass is 35.5. The second kappa shape index (κ2) is 7.71. The molecule has 4 aliphatic rings. The van der Waals surface area contributed by atoms with Gasteiger partial charge in [0, 0.05) is 17.5 Å². The molecule has 1 aromatic carbocycles. The third-order valence-corrected chi connectivity index (χ3v) is 7.20. The number of halogens is 1. The summed E-state index contributed by atoms with van der Waals surface area (Å²) in [4.78, 5) is 4.20. The van der Waals surface area contributed by atoms with Gasteiger partial charge in [0.2, 0.25) is 0 Å². The van der Waals surface area contributed by atoms with Crippen molar-refractivity contribution >= 4 is 11.6 Å². The number of hydrogen-bond donors (Lipinski definition) is 4. The average molecular weight is 425 g/mol. The van der Waals surface area contributed by atoms with Crippen molar-refractivity contribution in [3.05, 3.63) is 34.3 Å². The van der Waals surface area contributed by atoms with Crippen molar-refractivity contribution in [3.63, 3.8) is 0 Å². The molecule has 0 saturated carbocycles. The van der Waals surface area contributed by atoms with E-state index in [0.29, 0.717) is 18.3 Å². The zero-order valence-electron chi connectivity index (χ0n) is 16.4. The second-order valence-corrected chi connectivity index (χ2v) is 9.04. The van der Waals surface area contributed by atoms with E-state index >= 15 is 0 Å². The molecular formula is C20H29ClN4O4. The Kier molecular flexibility index (Phi) is 5.35. The minimum Gasteiger partial charge on any atom is -0.387 e. The molecule has 4 aliphatic heterocycles. The van der Waals surface area contributed by atoms with Crippen LogP contribution >= 0.6 is 11.6 Å². The first-order chi connectivity index (χ1) is 14.0. The maximum Gasteiger partial charge on any atom is 0.141 e. The summed E-state index contributed by atoms with van der Waals surface area (Å²) < 4.78 is 12.3. The van der Waals surface area contributed by atoms with E-state index < -0.39 is 30.6 Å². The number of aliphatic hydroxyl groups excluding tert-OH is 2. The maximum absolute atomic E-state index is 10.9. The average Bonchev–Trinajstić information content (AvgIpc) is 3.26. The molecule has 0 spiro atoms. The molecular weight excluding hydrogens is 396 g/mol. The first-order valence-corrected chi connectivity index (χ1v) is 10.7. The Bertz CT molecular complexity index is 770. The number of rotatable bonds is 2. The third kappa shape index (κ3) is 3.31. The van der Waals surface area contributed by atoms with Crippen LogP contribution in [0.3, 0.4) is 0 Å². The van der Waals surface area contributed by atoms with Crippen molar-refractivity contribution in [1.82, 2.24) is 15.1 Å². The summed E-state index contributed by atoms with van der Waals surface area (Å²) >= 11 is 6.14. The number of fused-ring (bicyclic) bond motifs is 2. The first kappa shape index (κ1) is 20.1. The van der Waals surface area contributed by atoms with E-state index in [1.807, 2.05) is 25.2 Å². The van der Waals surface area contributed by atoms with Crippen molar-refractivity contribution < 1.29 is 19.7 Å². The SMILES string of the molecule is CN1CNC2C(CCN2[C@@H]2O[C@H]([C@@H]3OCCc4cc(Cl)ccc43)[C@@H](O)[C@H]2O)C1N. The highest BCUT2D eigenvalue weighted by molar-refractivity contribution is 6.30. The molecule has 0 bridgehead atoms. The number of hydrogen-bond acceptors (Lipinski definition) is 8. The summed E-state index contributed by atoms with van der Waals surface area (Å²) in [6.45, 7) is 1.96. The number of ether oxygens (including phenoxy) is 2. The number of benzene rings is 1. The predicted molar refractivity (Wildman–Crippen MR) is 107 cm³/mol. The number of nitrogens with zero attached hydrogens (tertiary/aromatic N) is 2. The van der Waals surface area contributed by atoms with Gasteiger partial charge in [0.1, 0.15) is 30.6 Å². The molecule has 0 aliphatic carbocycles. The van der Waals surface area contributed by atoms with Gasteiger partial charge < -0.3 is 25.4 Å². The molecule has 3 saturated heterocycles. The predicted octanol–water partition coefficient (Wildman–Crippen LogP) is -0.174. The summed E-state index contributed by atoms with van der Waals surface area (Å²) in [5.41, 5.74) is 8.44. The summed E-state index contributed by atoms with van der Waals surface area (Å²) in [5, 5.41) is 25.9. The number of nitrogens with two attached hydrogens (primary N) is 1. The molecule has 9 heteroatoms. The van der Waals surface area contributed by atoms with Gasteiger partial charge in [-0.25, -0.2) is 0 Å². The third-order valence-electron chi connectivity index (χ3n) is 6.96. The summed E-state index contributed by atoms with van der Waals surface area (Å²) in [7, 11) is 2.00. The Morgan fingerprint density at radius 3 is 2.93 bits per heavy atom. The summed E-state index contributed by atoms with van der Waals surface area (Å²) in [6, 6.07) is 5.70. The molecule has 160 valence electrons. The zero-order chi connectivity index (χ0) is 20.3. The molecule has 0 aromatic heterocycles. The standard InChI is InChI=1S/C20H29ClN4O4/c1-24-9-23-19-13(18(24)22)4-6-25(19)20-15(27)14(26)17(29-20)16-12-3-2-11(21)8-10(12)5-7-28-16/h2-3,8,13-20,23,26-27H,4-7,9,22H2,1H3/t13?,14-,15+,16+,17-,18?,19?,20+/m0/s1. The molecule has 5 N–H and O–H groups in total. The molecule has 4 heterocycles. The van der Waals surface area contributed by atoms with Crippen LogP contribution in [0.2, 0.25) is 5.02 Å². The van der Waals surface area contributed by atoms with Crippen LogP contribution in [0, 0.1) is 5.92 Å².